The van der Waals surface area contributed by atoms with Crippen LogP contribution in [0.15, 0.2) is 76.8 Å². The van der Waals surface area contributed by atoms with Crippen molar-refractivity contribution < 1.29 is 9.72 Å². The summed E-state index contributed by atoms with van der Waals surface area (Å²) in [4.78, 5) is 34.0. The number of hydrogen-bond donors (Lipinski definition) is 2. The van der Waals surface area contributed by atoms with E-state index in [1.165, 1.54) is 12.1 Å². The van der Waals surface area contributed by atoms with Crippen LogP contribution in [-0.2, 0) is 4.79 Å². The Kier molecular flexibility index (Phi) is 8.27. The van der Waals surface area contributed by atoms with Crippen molar-refractivity contribution in [3.8, 4) is 0 Å². The van der Waals surface area contributed by atoms with Gasteiger partial charge in [0.1, 0.15) is 5.71 Å². The first kappa shape index (κ1) is 27.4. The van der Waals surface area contributed by atoms with Crippen LogP contribution >= 0.6 is 12.2 Å². The predicted molar refractivity (Wildman–Crippen MR) is 159 cm³/mol. The Labute approximate surface area is 231 Å². The Balaban J connectivity index is 1.45. The van der Waals surface area contributed by atoms with Crippen molar-refractivity contribution >= 4 is 63.6 Å². The molecule has 0 saturated heterocycles. The number of fused-ring (bicyclic) bond motifs is 1. The summed E-state index contributed by atoms with van der Waals surface area (Å²) in [5, 5.41) is 18.8. The standard InChI is InChI=1S/C27H28N8O3S/c1-32(2)17-34-24-14-13-22(35(37)38)15-23(24)25(26(34)36)29-19-7-9-20(10-8-19)30-27(39)31-28-16-18-5-11-21(12-6-18)33(3)4/h5-16H,17H2,1-4H3,(H2,30,31,39). The van der Waals surface area contributed by atoms with E-state index in [0.29, 0.717) is 34.4 Å². The van der Waals surface area contributed by atoms with Crippen molar-refractivity contribution in [1.29, 1.82) is 0 Å². The second-order valence-corrected chi connectivity index (χ2v) is 9.64. The zero-order valence-electron chi connectivity index (χ0n) is 22.0. The highest BCUT2D eigenvalue weighted by Gasteiger charge is 2.35. The second-order valence-electron chi connectivity index (χ2n) is 9.23. The highest BCUT2D eigenvalue weighted by Crippen LogP contribution is 2.34. The summed E-state index contributed by atoms with van der Waals surface area (Å²) in [7, 11) is 7.64. The van der Waals surface area contributed by atoms with Gasteiger partial charge in [-0.05, 0) is 74.3 Å². The van der Waals surface area contributed by atoms with Gasteiger partial charge in [0.25, 0.3) is 11.6 Å². The van der Waals surface area contributed by atoms with Crippen molar-refractivity contribution in [3.05, 3.63) is 88.0 Å². The van der Waals surface area contributed by atoms with Crippen LogP contribution in [0, 0.1) is 10.1 Å². The van der Waals surface area contributed by atoms with E-state index < -0.39 is 4.92 Å². The highest BCUT2D eigenvalue weighted by atomic mass is 32.1. The Morgan fingerprint density at radius 1 is 1.05 bits per heavy atom. The van der Waals surface area contributed by atoms with Gasteiger partial charge in [0.2, 0.25) is 0 Å². The molecule has 0 atom stereocenters. The minimum atomic E-state index is -0.487. The van der Waals surface area contributed by atoms with Gasteiger partial charge in [0.15, 0.2) is 5.11 Å². The van der Waals surface area contributed by atoms with Gasteiger partial charge in [-0.25, -0.2) is 4.99 Å². The molecular weight excluding hydrogens is 516 g/mol. The molecule has 4 rings (SSSR count). The Hall–Kier alpha value is -4.68. The zero-order chi connectivity index (χ0) is 28.1. The lowest BCUT2D eigenvalue weighted by molar-refractivity contribution is -0.384. The fourth-order valence-electron chi connectivity index (χ4n) is 3.88. The lowest BCUT2D eigenvalue weighted by Gasteiger charge is -2.21. The third kappa shape index (κ3) is 6.61. The van der Waals surface area contributed by atoms with Crippen LogP contribution in [0.1, 0.15) is 11.1 Å². The molecule has 1 amide bonds. The number of nitro groups is 1. The molecule has 11 nitrogen and oxygen atoms in total. The number of nitro benzene ring substituents is 1. The summed E-state index contributed by atoms with van der Waals surface area (Å²) in [5.41, 5.74) is 7.09. The fraction of sp³-hybridized carbons (Fsp3) is 0.185. The van der Waals surface area contributed by atoms with Gasteiger partial charge in [-0.2, -0.15) is 5.10 Å². The van der Waals surface area contributed by atoms with Crippen molar-refractivity contribution in [2.45, 2.75) is 0 Å². The maximum atomic E-state index is 13.2. The molecule has 0 aliphatic carbocycles. The summed E-state index contributed by atoms with van der Waals surface area (Å²) >= 11 is 5.32. The largest absolute Gasteiger partial charge is 0.378 e. The number of hydrazone groups is 1. The molecule has 0 radical (unpaired) electrons. The van der Waals surface area contributed by atoms with Crippen LogP contribution in [-0.4, -0.2) is 67.6 Å². The van der Waals surface area contributed by atoms with E-state index in [2.05, 4.69) is 20.8 Å². The third-order valence-electron chi connectivity index (χ3n) is 5.76. The molecule has 3 aromatic carbocycles. The Morgan fingerprint density at radius 3 is 2.36 bits per heavy atom. The molecule has 0 spiro atoms. The van der Waals surface area contributed by atoms with Gasteiger partial charge in [0.05, 0.1) is 29.2 Å². The monoisotopic (exact) mass is 544 g/mol. The number of carbonyl (C=O) groups excluding carboxylic acids is 1. The second kappa shape index (κ2) is 11.8. The van der Waals surface area contributed by atoms with Crippen LogP contribution in [0.5, 0.6) is 0 Å². The lowest BCUT2D eigenvalue weighted by atomic mass is 10.1. The van der Waals surface area contributed by atoms with E-state index in [-0.39, 0.29) is 17.3 Å². The number of hydrogen-bond acceptors (Lipinski definition) is 8. The molecule has 3 aromatic rings. The molecule has 12 heteroatoms. The smallest absolute Gasteiger partial charge is 0.278 e. The van der Waals surface area contributed by atoms with Crippen molar-refractivity contribution in [2.75, 3.05) is 50.0 Å². The topological polar surface area (TPSA) is 119 Å². The number of aliphatic imine (C=N–C) groups is 1. The summed E-state index contributed by atoms with van der Waals surface area (Å²) in [5.74, 6) is -0.319. The molecule has 0 aromatic heterocycles. The number of nitrogens with zero attached hydrogens (tertiary/aromatic N) is 6. The van der Waals surface area contributed by atoms with E-state index in [4.69, 9.17) is 12.2 Å². The summed E-state index contributed by atoms with van der Waals surface area (Å²) in [6, 6.07) is 19.3. The van der Waals surface area contributed by atoms with Gasteiger partial charge in [-0.3, -0.25) is 30.1 Å². The zero-order valence-corrected chi connectivity index (χ0v) is 22.8. The van der Waals surface area contributed by atoms with Crippen molar-refractivity contribution in [1.82, 2.24) is 10.3 Å². The highest BCUT2D eigenvalue weighted by molar-refractivity contribution is 7.80. The van der Waals surface area contributed by atoms with Gasteiger partial charge in [0, 0.05) is 43.2 Å². The average Bonchev–Trinajstić information content (AvgIpc) is 3.15. The van der Waals surface area contributed by atoms with Crippen LogP contribution in [0.25, 0.3) is 0 Å². The molecule has 1 aliphatic heterocycles. The van der Waals surface area contributed by atoms with Gasteiger partial charge >= 0.3 is 0 Å². The quantitative estimate of drug-likeness (QED) is 0.189. The van der Waals surface area contributed by atoms with E-state index >= 15 is 0 Å². The molecule has 1 heterocycles. The fourth-order valence-corrected chi connectivity index (χ4v) is 4.05. The van der Waals surface area contributed by atoms with Crippen LogP contribution < -0.4 is 20.5 Å². The van der Waals surface area contributed by atoms with Crippen LogP contribution in [0.3, 0.4) is 0 Å². The average molecular weight is 545 g/mol. The predicted octanol–water partition coefficient (Wildman–Crippen LogP) is 3.97. The maximum Gasteiger partial charge on any atom is 0.278 e. The minimum absolute atomic E-state index is 0.102. The van der Waals surface area contributed by atoms with Gasteiger partial charge in [-0.15, -0.1) is 0 Å². The number of amides is 1. The first-order valence-electron chi connectivity index (χ1n) is 11.9. The molecule has 200 valence electrons. The molecule has 0 fully saturated rings. The molecule has 2 N–H and O–H groups in total. The molecule has 0 unspecified atom stereocenters. The number of thiocarbonyl (C=S) groups is 1. The molecule has 1 aliphatic rings. The summed E-state index contributed by atoms with van der Waals surface area (Å²) < 4.78 is 0. The molecule has 0 saturated carbocycles. The summed E-state index contributed by atoms with van der Waals surface area (Å²) in [6.45, 7) is 0.319. The normalized spacial score (nSPS) is 13.7. The number of benzene rings is 3. The van der Waals surface area contributed by atoms with E-state index in [9.17, 15) is 14.9 Å². The minimum Gasteiger partial charge on any atom is -0.378 e. The van der Waals surface area contributed by atoms with Crippen LogP contribution in [0.4, 0.5) is 28.4 Å². The Morgan fingerprint density at radius 2 is 1.74 bits per heavy atom. The van der Waals surface area contributed by atoms with Gasteiger partial charge < -0.3 is 10.2 Å². The van der Waals surface area contributed by atoms with E-state index in [1.807, 2.05) is 62.3 Å². The van der Waals surface area contributed by atoms with Crippen molar-refractivity contribution in [3.63, 3.8) is 0 Å². The van der Waals surface area contributed by atoms with Crippen molar-refractivity contribution in [2.24, 2.45) is 10.1 Å². The molecule has 39 heavy (non-hydrogen) atoms. The number of non-ortho nitro benzene ring substituents is 1. The first-order chi connectivity index (χ1) is 18.6. The SMILES string of the molecule is CN(C)CN1C(=O)C(=Nc2ccc(NC(=S)NN=Cc3ccc(N(C)C)cc3)cc2)c2cc([N+](=O)[O-])ccc21. The summed E-state index contributed by atoms with van der Waals surface area (Å²) in [6.07, 6.45) is 1.67. The third-order valence-corrected chi connectivity index (χ3v) is 5.96. The number of rotatable bonds is 8. The molecule has 0 bridgehead atoms. The van der Waals surface area contributed by atoms with Crippen LogP contribution in [0.2, 0.25) is 0 Å². The first-order valence-corrected chi connectivity index (χ1v) is 12.3. The maximum absolute atomic E-state index is 13.2. The Bertz CT molecular complexity index is 1450. The van der Waals surface area contributed by atoms with E-state index in [1.54, 1.807) is 41.4 Å². The number of carbonyl (C=O) groups is 1. The number of nitrogens with one attached hydrogen (secondary N) is 2. The van der Waals surface area contributed by atoms with Gasteiger partial charge in [-0.1, -0.05) is 12.1 Å². The van der Waals surface area contributed by atoms with E-state index in [0.717, 1.165) is 11.3 Å². The number of anilines is 3. The lowest BCUT2D eigenvalue weighted by Crippen LogP contribution is -2.37. The molecular formula is C27H28N8O3S.